The zero-order chi connectivity index (χ0) is 20.1. The molecule has 1 aliphatic heterocycles. The molecule has 0 aromatic heterocycles. The van der Waals surface area contributed by atoms with Gasteiger partial charge in [-0.05, 0) is 43.5 Å². The number of aryl methyl sites for hydroxylation is 2. The molecule has 0 radical (unpaired) electrons. The molecule has 6 nitrogen and oxygen atoms in total. The molecule has 28 heavy (non-hydrogen) atoms. The second-order valence-electron chi connectivity index (χ2n) is 6.99. The van der Waals surface area contributed by atoms with Crippen LogP contribution in [0.5, 0.6) is 11.5 Å². The van der Waals surface area contributed by atoms with E-state index in [9.17, 15) is 9.59 Å². The van der Waals surface area contributed by atoms with Crippen molar-refractivity contribution >= 4 is 11.8 Å². The van der Waals surface area contributed by atoms with Crippen molar-refractivity contribution in [3.63, 3.8) is 0 Å². The van der Waals surface area contributed by atoms with Gasteiger partial charge in [0.25, 0.3) is 0 Å². The first-order valence-corrected chi connectivity index (χ1v) is 9.43. The van der Waals surface area contributed by atoms with Crippen LogP contribution in [0.1, 0.15) is 30.0 Å². The molecule has 1 heterocycles. The van der Waals surface area contributed by atoms with Crippen LogP contribution in [0.4, 0.5) is 0 Å². The number of likely N-dealkylation sites (N-methyl/N-ethyl adjacent to an activating group) is 1. The van der Waals surface area contributed by atoms with Crippen LogP contribution in [-0.4, -0.2) is 36.6 Å². The van der Waals surface area contributed by atoms with Crippen molar-refractivity contribution < 1.29 is 19.1 Å². The third-order valence-corrected chi connectivity index (χ3v) is 4.95. The van der Waals surface area contributed by atoms with Crippen molar-refractivity contribution in [3.05, 3.63) is 59.2 Å². The predicted molar refractivity (Wildman–Crippen MR) is 106 cm³/mol. The number of hydrogen-bond acceptors (Lipinski definition) is 4. The largest absolute Gasteiger partial charge is 0.454 e. The summed E-state index contributed by atoms with van der Waals surface area (Å²) in [6, 6.07) is 13.2. The second-order valence-corrected chi connectivity index (χ2v) is 6.99. The summed E-state index contributed by atoms with van der Waals surface area (Å²) in [6.07, 6.45) is 0.882. The van der Waals surface area contributed by atoms with E-state index >= 15 is 0 Å². The van der Waals surface area contributed by atoms with E-state index in [0.29, 0.717) is 25.1 Å². The van der Waals surface area contributed by atoms with Gasteiger partial charge in [0, 0.05) is 20.0 Å². The maximum Gasteiger partial charge on any atom is 0.242 e. The van der Waals surface area contributed by atoms with Gasteiger partial charge in [-0.25, -0.2) is 0 Å². The van der Waals surface area contributed by atoms with Crippen molar-refractivity contribution in [3.8, 4) is 11.5 Å². The molecule has 0 saturated heterocycles. The lowest BCUT2D eigenvalue weighted by Crippen LogP contribution is -2.46. The molecule has 0 fully saturated rings. The summed E-state index contributed by atoms with van der Waals surface area (Å²) >= 11 is 0. The lowest BCUT2D eigenvalue weighted by molar-refractivity contribution is -0.140. The van der Waals surface area contributed by atoms with E-state index in [-0.39, 0.29) is 18.6 Å². The number of hydrogen-bond donors (Lipinski definition) is 1. The van der Waals surface area contributed by atoms with Crippen molar-refractivity contribution in [1.29, 1.82) is 0 Å². The Hall–Kier alpha value is -3.02. The summed E-state index contributed by atoms with van der Waals surface area (Å²) in [5, 5.41) is 2.63. The molecule has 0 saturated carbocycles. The van der Waals surface area contributed by atoms with Gasteiger partial charge >= 0.3 is 0 Å². The number of nitrogens with one attached hydrogen (secondary N) is 1. The maximum atomic E-state index is 13.0. The van der Waals surface area contributed by atoms with Crippen molar-refractivity contribution in [2.24, 2.45) is 0 Å². The molecule has 6 heteroatoms. The Morgan fingerprint density at radius 1 is 1.07 bits per heavy atom. The summed E-state index contributed by atoms with van der Waals surface area (Å²) in [5.74, 6) is 1.20. The molecule has 148 valence electrons. The highest BCUT2D eigenvalue weighted by Crippen LogP contribution is 2.32. The molecular formula is C22H26N2O4. The summed E-state index contributed by atoms with van der Waals surface area (Å²) in [5.41, 5.74) is 3.15. The molecule has 1 aliphatic rings. The molecule has 2 aromatic rings. The normalized spacial score (nSPS) is 13.1. The minimum atomic E-state index is -0.546. The molecule has 2 amide bonds. The van der Waals surface area contributed by atoms with Gasteiger partial charge in [0.05, 0.1) is 0 Å². The Morgan fingerprint density at radius 3 is 2.46 bits per heavy atom. The van der Waals surface area contributed by atoms with Gasteiger partial charge in [0.2, 0.25) is 18.6 Å². The summed E-state index contributed by atoms with van der Waals surface area (Å²) in [6.45, 7) is 4.40. The molecule has 2 aromatic carbocycles. The summed E-state index contributed by atoms with van der Waals surface area (Å²) in [4.78, 5) is 26.8. The van der Waals surface area contributed by atoms with Crippen molar-refractivity contribution in [2.45, 2.75) is 39.3 Å². The van der Waals surface area contributed by atoms with Crippen molar-refractivity contribution in [1.82, 2.24) is 10.2 Å². The Balaban J connectivity index is 1.70. The monoisotopic (exact) mass is 382 g/mol. The topological polar surface area (TPSA) is 67.9 Å². The van der Waals surface area contributed by atoms with Crippen molar-refractivity contribution in [2.75, 3.05) is 13.8 Å². The number of amides is 2. The van der Waals surface area contributed by atoms with Gasteiger partial charge < -0.3 is 19.7 Å². The van der Waals surface area contributed by atoms with Gasteiger partial charge in [-0.1, -0.05) is 35.9 Å². The lowest BCUT2D eigenvalue weighted by atomic mass is 10.1. The Labute approximate surface area is 165 Å². The Morgan fingerprint density at radius 2 is 1.75 bits per heavy atom. The van der Waals surface area contributed by atoms with E-state index in [1.165, 1.54) is 0 Å². The van der Waals surface area contributed by atoms with E-state index in [2.05, 4.69) is 5.32 Å². The highest BCUT2D eigenvalue weighted by Gasteiger charge is 2.25. The maximum absolute atomic E-state index is 13.0. The van der Waals surface area contributed by atoms with Crippen LogP contribution in [0.3, 0.4) is 0 Å². The lowest BCUT2D eigenvalue weighted by Gasteiger charge is -2.28. The van der Waals surface area contributed by atoms with E-state index in [1.807, 2.05) is 49.4 Å². The van der Waals surface area contributed by atoms with E-state index in [0.717, 1.165) is 22.4 Å². The van der Waals surface area contributed by atoms with Crippen LogP contribution in [0.2, 0.25) is 0 Å². The molecule has 1 atom stereocenters. The fourth-order valence-electron chi connectivity index (χ4n) is 3.17. The molecule has 1 N–H and O–H groups in total. The molecule has 3 rings (SSSR count). The van der Waals surface area contributed by atoms with Crippen LogP contribution in [0.25, 0.3) is 0 Å². The zero-order valence-corrected chi connectivity index (χ0v) is 16.5. The number of carbonyl (C=O) groups is 2. The van der Waals surface area contributed by atoms with E-state index < -0.39 is 6.04 Å². The zero-order valence-electron chi connectivity index (χ0n) is 16.5. The Bertz CT molecular complexity index is 848. The van der Waals surface area contributed by atoms with Crippen LogP contribution >= 0.6 is 0 Å². The van der Waals surface area contributed by atoms with Crippen LogP contribution in [0.15, 0.2) is 42.5 Å². The summed E-state index contributed by atoms with van der Waals surface area (Å²) < 4.78 is 10.7. The predicted octanol–water partition coefficient (Wildman–Crippen LogP) is 2.82. The highest BCUT2D eigenvalue weighted by molar-refractivity contribution is 5.87. The second kappa shape index (κ2) is 8.78. The molecule has 0 bridgehead atoms. The first-order chi connectivity index (χ1) is 13.5. The average molecular weight is 382 g/mol. The molecule has 0 unspecified atom stereocenters. The fraction of sp³-hybridized carbons (Fsp3) is 0.364. The van der Waals surface area contributed by atoms with Gasteiger partial charge in [0.1, 0.15) is 6.04 Å². The average Bonchev–Trinajstić information content (AvgIpc) is 3.18. The minimum absolute atomic E-state index is 0.0608. The van der Waals surface area contributed by atoms with Gasteiger partial charge in [-0.15, -0.1) is 0 Å². The summed E-state index contributed by atoms with van der Waals surface area (Å²) in [7, 11) is 1.58. The van der Waals surface area contributed by atoms with E-state index in [1.54, 1.807) is 18.9 Å². The van der Waals surface area contributed by atoms with E-state index in [4.69, 9.17) is 9.47 Å². The minimum Gasteiger partial charge on any atom is -0.454 e. The number of benzene rings is 2. The number of fused-ring (bicyclic) bond motifs is 1. The quantitative estimate of drug-likeness (QED) is 0.800. The number of nitrogens with zero attached hydrogens (tertiary/aromatic N) is 1. The third kappa shape index (κ3) is 4.63. The number of ether oxygens (including phenoxy) is 2. The van der Waals surface area contributed by atoms with Gasteiger partial charge in [0.15, 0.2) is 11.5 Å². The van der Waals surface area contributed by atoms with Gasteiger partial charge in [-0.2, -0.15) is 0 Å². The first kappa shape index (κ1) is 19.7. The van der Waals surface area contributed by atoms with Crippen LogP contribution < -0.4 is 14.8 Å². The molecule has 0 spiro atoms. The Kier molecular flexibility index (Phi) is 6.19. The SMILES string of the molecule is CNC(=O)[C@@H](C)N(Cc1ccc(C)cc1)C(=O)CCc1ccc2c(c1)OCO2. The van der Waals surface area contributed by atoms with Crippen LogP contribution in [0, 0.1) is 6.92 Å². The smallest absolute Gasteiger partial charge is 0.242 e. The highest BCUT2D eigenvalue weighted by atomic mass is 16.7. The van der Waals surface area contributed by atoms with Crippen LogP contribution in [-0.2, 0) is 22.6 Å². The number of rotatable bonds is 7. The third-order valence-electron chi connectivity index (χ3n) is 4.95. The fourth-order valence-corrected chi connectivity index (χ4v) is 3.17. The van der Waals surface area contributed by atoms with Gasteiger partial charge in [-0.3, -0.25) is 9.59 Å². The standard InChI is InChI=1S/C22H26N2O4/c1-15-4-6-18(7-5-15)13-24(16(2)22(26)23-3)21(25)11-9-17-8-10-19-20(12-17)28-14-27-19/h4-8,10,12,16H,9,11,13-14H2,1-3H3,(H,23,26)/t16-/m1/s1. The molecule has 0 aliphatic carbocycles. The number of carbonyl (C=O) groups excluding carboxylic acids is 2. The first-order valence-electron chi connectivity index (χ1n) is 9.43. The molecular weight excluding hydrogens is 356 g/mol.